The summed E-state index contributed by atoms with van der Waals surface area (Å²) in [5, 5.41) is 2.69. The van der Waals surface area contributed by atoms with Gasteiger partial charge in [0, 0.05) is 50.3 Å². The number of aromatic nitrogens is 1. The highest BCUT2D eigenvalue weighted by atomic mass is 19.4. The lowest BCUT2D eigenvalue weighted by molar-refractivity contribution is -0.137. The number of pyridine rings is 1. The fourth-order valence-electron chi connectivity index (χ4n) is 4.20. The van der Waals surface area contributed by atoms with Gasteiger partial charge in [-0.05, 0) is 66.3 Å². The SMILES string of the molecule is [2H]C1([2H])N(C(=O)C2CC2)C([2H])([2H])C([2H])([2H])N(c2ccnc(C(=O)N[C@H](C)c3ccc(-c4cc(C(F)(F)F)ccc4CN)cc3)c2)C1([2H])[2H]. The molecule has 2 aromatic carbocycles. The molecule has 7 nitrogen and oxygen atoms in total. The van der Waals surface area contributed by atoms with E-state index in [1.807, 2.05) is 0 Å². The molecule has 1 aromatic heterocycles. The average Bonchev–Trinajstić information content (AvgIpc) is 3.85. The summed E-state index contributed by atoms with van der Waals surface area (Å²) in [7, 11) is 0. The van der Waals surface area contributed by atoms with Crippen LogP contribution in [0.1, 0.15) is 64.0 Å². The van der Waals surface area contributed by atoms with Crippen LogP contribution in [0.15, 0.2) is 60.8 Å². The Morgan fingerprint density at radius 1 is 1.07 bits per heavy atom. The standard InChI is InChI=1S/C30H32F3N5O2/c1-19(20-2-4-21(5-3-20)26-16-24(30(31,32)33)9-8-23(26)18-34)36-28(39)27-17-25(10-11-35-27)37-12-14-38(15-13-37)29(40)22-6-7-22/h2-5,8-11,16-17,19,22H,6-7,12-15,18,34H2,1H3,(H,36,39)/t19-/m1/s1/i12D2,13D2,14D2,15D2. The number of halogens is 3. The van der Waals surface area contributed by atoms with Crippen molar-refractivity contribution in [1.82, 2.24) is 15.2 Å². The Balaban J connectivity index is 1.39. The lowest BCUT2D eigenvalue weighted by atomic mass is 9.95. The Labute approximate surface area is 242 Å². The summed E-state index contributed by atoms with van der Waals surface area (Å²) in [5.74, 6) is -2.54. The third kappa shape index (κ3) is 6.12. The number of nitrogens with two attached hydrogens (primary N) is 1. The second kappa shape index (κ2) is 11.3. The molecule has 0 spiro atoms. The molecule has 0 unspecified atom stereocenters. The van der Waals surface area contributed by atoms with E-state index in [0.29, 0.717) is 35.1 Å². The summed E-state index contributed by atoms with van der Waals surface area (Å²) in [6.07, 6.45) is -2.77. The highest BCUT2D eigenvalue weighted by molar-refractivity contribution is 5.93. The zero-order valence-electron chi connectivity index (χ0n) is 29.4. The topological polar surface area (TPSA) is 91.6 Å². The Bertz CT molecular complexity index is 1710. The van der Waals surface area contributed by atoms with Gasteiger partial charge in [-0.3, -0.25) is 14.6 Å². The minimum Gasteiger partial charge on any atom is -0.368 e. The third-order valence-corrected chi connectivity index (χ3v) is 6.65. The molecule has 0 radical (unpaired) electrons. The molecular weight excluding hydrogens is 519 g/mol. The van der Waals surface area contributed by atoms with Crippen molar-refractivity contribution in [3.63, 3.8) is 0 Å². The zero-order valence-corrected chi connectivity index (χ0v) is 21.4. The molecule has 3 N–H and O–H groups in total. The Morgan fingerprint density at radius 2 is 1.77 bits per heavy atom. The molecule has 1 aliphatic carbocycles. The first-order valence-electron chi connectivity index (χ1n) is 16.6. The van der Waals surface area contributed by atoms with Crippen molar-refractivity contribution in [2.24, 2.45) is 11.7 Å². The molecule has 5 rings (SSSR count). The van der Waals surface area contributed by atoms with E-state index in [1.54, 1.807) is 31.2 Å². The highest BCUT2D eigenvalue weighted by Gasteiger charge is 2.35. The molecule has 2 aliphatic rings. The molecule has 1 saturated carbocycles. The predicted octanol–water partition coefficient (Wildman–Crippen LogP) is 4.78. The minimum absolute atomic E-state index is 0.0142. The molecule has 3 aromatic rings. The maximum Gasteiger partial charge on any atom is 0.416 e. The number of hydrogen-bond donors (Lipinski definition) is 2. The van der Waals surface area contributed by atoms with Crippen LogP contribution in [0, 0.1) is 5.92 Å². The van der Waals surface area contributed by atoms with Crippen LogP contribution in [-0.2, 0) is 17.5 Å². The number of anilines is 1. The van der Waals surface area contributed by atoms with E-state index in [0.717, 1.165) is 30.5 Å². The molecular formula is C30H32F3N5O2. The first-order chi connectivity index (χ1) is 22.2. The van der Waals surface area contributed by atoms with Gasteiger partial charge in [-0.25, -0.2) is 0 Å². The van der Waals surface area contributed by atoms with E-state index in [-0.39, 0.29) is 22.0 Å². The van der Waals surface area contributed by atoms with Crippen LogP contribution in [-0.4, -0.2) is 47.7 Å². The number of alkyl halides is 3. The van der Waals surface area contributed by atoms with Gasteiger partial charge in [0.1, 0.15) is 5.69 Å². The molecule has 210 valence electrons. The Hall–Kier alpha value is -3.92. The molecule has 10 heteroatoms. The van der Waals surface area contributed by atoms with Gasteiger partial charge in [0.15, 0.2) is 0 Å². The van der Waals surface area contributed by atoms with E-state index >= 15 is 0 Å². The Morgan fingerprint density at radius 3 is 2.40 bits per heavy atom. The second-order valence-electron chi connectivity index (χ2n) is 9.52. The van der Waals surface area contributed by atoms with Gasteiger partial charge >= 0.3 is 6.18 Å². The summed E-state index contributed by atoms with van der Waals surface area (Å²) < 4.78 is 109. The molecule has 1 atom stereocenters. The fourth-order valence-corrected chi connectivity index (χ4v) is 4.20. The van der Waals surface area contributed by atoms with Crippen LogP contribution >= 0.6 is 0 Å². The lowest BCUT2D eigenvalue weighted by Crippen LogP contribution is -2.49. The largest absolute Gasteiger partial charge is 0.416 e. The number of carbonyl (C=O) groups is 2. The van der Waals surface area contributed by atoms with Crippen molar-refractivity contribution < 1.29 is 33.7 Å². The second-order valence-corrected chi connectivity index (χ2v) is 9.52. The molecule has 2 fully saturated rings. The fraction of sp³-hybridized carbons (Fsp3) is 0.367. The highest BCUT2D eigenvalue weighted by Crippen LogP contribution is 2.35. The average molecular weight is 560 g/mol. The number of rotatable bonds is 7. The van der Waals surface area contributed by atoms with Gasteiger partial charge in [0.2, 0.25) is 5.91 Å². The van der Waals surface area contributed by atoms with Crippen molar-refractivity contribution in [2.75, 3.05) is 30.9 Å². The summed E-state index contributed by atoms with van der Waals surface area (Å²) in [6, 6.07) is 11.1. The third-order valence-electron chi connectivity index (χ3n) is 6.65. The predicted molar refractivity (Wildman–Crippen MR) is 146 cm³/mol. The summed E-state index contributed by atoms with van der Waals surface area (Å²) in [5.41, 5.74) is 6.06. The summed E-state index contributed by atoms with van der Waals surface area (Å²) in [4.78, 5) is 30.5. The number of piperazine rings is 1. The van der Waals surface area contributed by atoms with E-state index in [9.17, 15) is 22.8 Å². The number of amides is 2. The lowest BCUT2D eigenvalue weighted by Gasteiger charge is -2.36. The van der Waals surface area contributed by atoms with Gasteiger partial charge in [-0.1, -0.05) is 30.3 Å². The van der Waals surface area contributed by atoms with E-state index < -0.39 is 67.2 Å². The smallest absolute Gasteiger partial charge is 0.368 e. The number of nitrogens with zero attached hydrogens (tertiary/aromatic N) is 3. The van der Waals surface area contributed by atoms with Crippen LogP contribution in [0.2, 0.25) is 0 Å². The van der Waals surface area contributed by atoms with Crippen LogP contribution < -0.4 is 16.0 Å². The first-order valence-corrected chi connectivity index (χ1v) is 12.6. The molecule has 40 heavy (non-hydrogen) atoms. The molecule has 0 bridgehead atoms. The van der Waals surface area contributed by atoms with Crippen LogP contribution in [0.5, 0.6) is 0 Å². The van der Waals surface area contributed by atoms with E-state index in [4.69, 9.17) is 16.7 Å². The minimum atomic E-state index is -4.54. The van der Waals surface area contributed by atoms with Crippen molar-refractivity contribution in [1.29, 1.82) is 0 Å². The molecule has 1 aliphatic heterocycles. The summed E-state index contributed by atoms with van der Waals surface area (Å²) >= 11 is 0. The number of nitrogens with one attached hydrogen (secondary N) is 1. The maximum absolute atomic E-state index is 13.3. The van der Waals surface area contributed by atoms with Crippen molar-refractivity contribution >= 4 is 17.5 Å². The molecule has 1 saturated heterocycles. The van der Waals surface area contributed by atoms with Gasteiger partial charge in [-0.2, -0.15) is 13.2 Å². The quantitative estimate of drug-likeness (QED) is 0.435. The zero-order chi connectivity index (χ0) is 35.6. The normalized spacial score (nSPS) is 24.5. The van der Waals surface area contributed by atoms with Gasteiger partial charge < -0.3 is 20.9 Å². The maximum atomic E-state index is 13.3. The number of carbonyl (C=O) groups excluding carboxylic acids is 2. The first kappa shape index (κ1) is 19.2. The monoisotopic (exact) mass is 559 g/mol. The van der Waals surface area contributed by atoms with Gasteiger partial charge in [0.25, 0.3) is 5.91 Å². The van der Waals surface area contributed by atoms with E-state index in [2.05, 4.69) is 10.3 Å². The van der Waals surface area contributed by atoms with Crippen LogP contribution in [0.3, 0.4) is 0 Å². The summed E-state index contributed by atoms with van der Waals surface area (Å²) in [6.45, 7) is -11.6. The number of benzene rings is 2. The number of hydrogen-bond acceptors (Lipinski definition) is 5. The van der Waals surface area contributed by atoms with Gasteiger partial charge in [-0.15, -0.1) is 0 Å². The van der Waals surface area contributed by atoms with Crippen LogP contribution in [0.25, 0.3) is 11.1 Å². The Kier molecular flexibility index (Phi) is 5.42. The van der Waals surface area contributed by atoms with Crippen molar-refractivity contribution in [3.8, 4) is 11.1 Å². The molecule has 2 amide bonds. The molecule has 2 heterocycles. The van der Waals surface area contributed by atoms with Crippen molar-refractivity contribution in [3.05, 3.63) is 83.2 Å². The van der Waals surface area contributed by atoms with Crippen molar-refractivity contribution in [2.45, 2.75) is 38.5 Å². The van der Waals surface area contributed by atoms with Crippen LogP contribution in [0.4, 0.5) is 18.9 Å². The van der Waals surface area contributed by atoms with E-state index in [1.165, 1.54) is 6.07 Å². The van der Waals surface area contributed by atoms with Gasteiger partial charge in [0.05, 0.1) is 22.6 Å².